The Kier molecular flexibility index (Phi) is 7.68. The second-order valence-corrected chi connectivity index (χ2v) is 5.76. The molecule has 0 aromatic heterocycles. The summed E-state index contributed by atoms with van der Waals surface area (Å²) >= 11 is 0. The summed E-state index contributed by atoms with van der Waals surface area (Å²) in [6.45, 7) is 6.08. The fraction of sp³-hybridized carbons (Fsp3) is 0.333. The van der Waals surface area contributed by atoms with E-state index in [1.807, 2.05) is 19.9 Å². The van der Waals surface area contributed by atoms with E-state index in [0.29, 0.717) is 36.1 Å². The quantitative estimate of drug-likeness (QED) is 0.661. The summed E-state index contributed by atoms with van der Waals surface area (Å²) in [4.78, 5) is 24.8. The van der Waals surface area contributed by atoms with E-state index in [1.165, 1.54) is 20.1 Å². The van der Waals surface area contributed by atoms with Gasteiger partial charge in [-0.3, -0.25) is 4.79 Å². The van der Waals surface area contributed by atoms with Crippen LogP contribution in [-0.4, -0.2) is 38.3 Å². The van der Waals surface area contributed by atoms with Gasteiger partial charge in [0.1, 0.15) is 5.75 Å². The van der Waals surface area contributed by atoms with Gasteiger partial charge in [0.2, 0.25) is 0 Å². The average molecular weight is 387 g/mol. The molecule has 1 atom stereocenters. The Labute approximate surface area is 164 Å². The van der Waals surface area contributed by atoms with Gasteiger partial charge in [0.05, 0.1) is 31.6 Å². The number of hydrogen-bond donors (Lipinski definition) is 1. The number of nitrogens with one attached hydrogen (secondary N) is 1. The summed E-state index contributed by atoms with van der Waals surface area (Å²) in [6, 6.07) is 11.8. The molecule has 0 spiro atoms. The summed E-state index contributed by atoms with van der Waals surface area (Å²) in [5.74, 6) is 0.399. The maximum absolute atomic E-state index is 12.4. The van der Waals surface area contributed by atoms with Gasteiger partial charge in [-0.1, -0.05) is 12.1 Å². The zero-order valence-corrected chi connectivity index (χ0v) is 16.5. The van der Waals surface area contributed by atoms with Gasteiger partial charge in [0, 0.05) is 0 Å². The van der Waals surface area contributed by atoms with Crippen LogP contribution in [0.2, 0.25) is 0 Å². The van der Waals surface area contributed by atoms with Gasteiger partial charge in [-0.2, -0.15) is 0 Å². The number of benzene rings is 2. The molecule has 2 aromatic rings. The van der Waals surface area contributed by atoms with Crippen molar-refractivity contribution in [3.63, 3.8) is 0 Å². The molecule has 0 aliphatic rings. The highest BCUT2D eigenvalue weighted by Crippen LogP contribution is 2.28. The van der Waals surface area contributed by atoms with Crippen LogP contribution in [-0.2, 0) is 9.53 Å². The average Bonchev–Trinajstić information content (AvgIpc) is 2.69. The largest absolute Gasteiger partial charge is 0.493 e. The number of amides is 1. The van der Waals surface area contributed by atoms with Crippen LogP contribution in [0.3, 0.4) is 0 Å². The zero-order chi connectivity index (χ0) is 20.5. The van der Waals surface area contributed by atoms with Crippen molar-refractivity contribution in [1.82, 2.24) is 0 Å². The molecule has 0 aliphatic heterocycles. The van der Waals surface area contributed by atoms with Crippen LogP contribution >= 0.6 is 0 Å². The lowest BCUT2D eigenvalue weighted by Crippen LogP contribution is -2.30. The summed E-state index contributed by atoms with van der Waals surface area (Å²) < 4.78 is 21.4. The number of esters is 1. The number of carbonyl (C=O) groups is 2. The molecular weight excluding hydrogens is 362 g/mol. The summed E-state index contributed by atoms with van der Waals surface area (Å²) in [5, 5.41) is 2.72. The fourth-order valence-electron chi connectivity index (χ4n) is 2.44. The smallest absolute Gasteiger partial charge is 0.339 e. The van der Waals surface area contributed by atoms with E-state index in [0.717, 1.165) is 0 Å². The minimum Gasteiger partial charge on any atom is -0.493 e. The van der Waals surface area contributed by atoms with Crippen molar-refractivity contribution in [3.8, 4) is 17.2 Å². The standard InChI is InChI=1S/C21H25NO6/c1-5-26-17-10-8-7-9-16(17)22-20(23)14(3)28-21(24)15-11-12-18(25-4)19(13-15)27-6-2/h7-14H,5-6H2,1-4H3,(H,22,23)/t14-/m1/s1. The van der Waals surface area contributed by atoms with Crippen LogP contribution in [0, 0.1) is 0 Å². The third-order valence-corrected chi connectivity index (χ3v) is 3.80. The Morgan fingerprint density at radius 3 is 2.32 bits per heavy atom. The van der Waals surface area contributed by atoms with E-state index in [9.17, 15) is 9.59 Å². The zero-order valence-electron chi connectivity index (χ0n) is 16.5. The first-order valence-corrected chi connectivity index (χ1v) is 9.04. The number of para-hydroxylation sites is 2. The summed E-state index contributed by atoms with van der Waals surface area (Å²) in [6.07, 6.45) is -1.00. The lowest BCUT2D eigenvalue weighted by atomic mass is 10.2. The van der Waals surface area contributed by atoms with E-state index >= 15 is 0 Å². The van der Waals surface area contributed by atoms with Gasteiger partial charge < -0.3 is 24.3 Å². The molecule has 7 nitrogen and oxygen atoms in total. The van der Waals surface area contributed by atoms with Crippen molar-refractivity contribution < 1.29 is 28.5 Å². The minimum atomic E-state index is -1.00. The maximum Gasteiger partial charge on any atom is 0.339 e. The first-order chi connectivity index (χ1) is 13.5. The van der Waals surface area contributed by atoms with Crippen molar-refractivity contribution in [1.29, 1.82) is 0 Å². The van der Waals surface area contributed by atoms with Gasteiger partial charge in [0.15, 0.2) is 17.6 Å². The number of carbonyl (C=O) groups excluding carboxylic acids is 2. The topological polar surface area (TPSA) is 83.1 Å². The molecule has 28 heavy (non-hydrogen) atoms. The highest BCUT2D eigenvalue weighted by atomic mass is 16.5. The minimum absolute atomic E-state index is 0.263. The van der Waals surface area contributed by atoms with Crippen LogP contribution in [0.25, 0.3) is 0 Å². The molecule has 0 heterocycles. The Morgan fingerprint density at radius 1 is 0.964 bits per heavy atom. The third-order valence-electron chi connectivity index (χ3n) is 3.80. The van der Waals surface area contributed by atoms with Crippen LogP contribution < -0.4 is 19.5 Å². The molecule has 2 aromatic carbocycles. The molecule has 0 unspecified atom stereocenters. The lowest BCUT2D eigenvalue weighted by molar-refractivity contribution is -0.123. The van der Waals surface area contributed by atoms with E-state index in [2.05, 4.69) is 5.32 Å². The van der Waals surface area contributed by atoms with Crippen LogP contribution in [0.1, 0.15) is 31.1 Å². The molecule has 0 aliphatic carbocycles. The molecular formula is C21H25NO6. The van der Waals surface area contributed by atoms with Gasteiger partial charge in [-0.25, -0.2) is 4.79 Å². The molecule has 0 bridgehead atoms. The molecule has 0 saturated carbocycles. The van der Waals surface area contributed by atoms with E-state index in [4.69, 9.17) is 18.9 Å². The van der Waals surface area contributed by atoms with Crippen molar-refractivity contribution in [2.45, 2.75) is 26.9 Å². The van der Waals surface area contributed by atoms with Gasteiger partial charge in [-0.15, -0.1) is 0 Å². The van der Waals surface area contributed by atoms with Crippen molar-refractivity contribution in [2.75, 3.05) is 25.6 Å². The third kappa shape index (κ3) is 5.39. The van der Waals surface area contributed by atoms with Crippen LogP contribution in [0.4, 0.5) is 5.69 Å². The Balaban J connectivity index is 2.06. The van der Waals surface area contributed by atoms with Crippen LogP contribution in [0.5, 0.6) is 17.2 Å². The number of rotatable bonds is 9. The normalized spacial score (nSPS) is 11.3. The van der Waals surface area contributed by atoms with E-state index in [-0.39, 0.29) is 5.56 Å². The van der Waals surface area contributed by atoms with Gasteiger partial charge in [-0.05, 0) is 51.1 Å². The predicted octanol–water partition coefficient (Wildman–Crippen LogP) is 3.68. The highest BCUT2D eigenvalue weighted by Gasteiger charge is 2.21. The molecule has 1 amide bonds. The molecule has 0 fully saturated rings. The predicted molar refractivity (Wildman–Crippen MR) is 105 cm³/mol. The number of methoxy groups -OCH3 is 1. The number of anilines is 1. The van der Waals surface area contributed by atoms with E-state index < -0.39 is 18.0 Å². The maximum atomic E-state index is 12.4. The Bertz CT molecular complexity index is 820. The number of hydrogen-bond acceptors (Lipinski definition) is 6. The Morgan fingerprint density at radius 2 is 1.64 bits per heavy atom. The number of ether oxygens (including phenoxy) is 4. The first-order valence-electron chi connectivity index (χ1n) is 9.04. The fourth-order valence-corrected chi connectivity index (χ4v) is 2.44. The SMILES string of the molecule is CCOc1ccccc1NC(=O)[C@@H](C)OC(=O)c1ccc(OC)c(OCC)c1. The Hall–Kier alpha value is -3.22. The molecule has 7 heteroatoms. The molecule has 2 rings (SSSR count). The summed E-state index contributed by atoms with van der Waals surface area (Å²) in [5.41, 5.74) is 0.777. The monoisotopic (exact) mass is 387 g/mol. The van der Waals surface area contributed by atoms with Crippen molar-refractivity contribution in [3.05, 3.63) is 48.0 Å². The van der Waals surface area contributed by atoms with Crippen molar-refractivity contribution in [2.24, 2.45) is 0 Å². The first kappa shape index (κ1) is 21.1. The second kappa shape index (κ2) is 10.2. The second-order valence-electron chi connectivity index (χ2n) is 5.76. The van der Waals surface area contributed by atoms with E-state index in [1.54, 1.807) is 30.3 Å². The lowest BCUT2D eigenvalue weighted by Gasteiger charge is -2.16. The molecule has 1 N–H and O–H groups in total. The molecule has 150 valence electrons. The summed E-state index contributed by atoms with van der Waals surface area (Å²) in [7, 11) is 1.52. The van der Waals surface area contributed by atoms with Crippen molar-refractivity contribution >= 4 is 17.6 Å². The highest BCUT2D eigenvalue weighted by molar-refractivity contribution is 5.98. The van der Waals surface area contributed by atoms with Gasteiger partial charge in [0.25, 0.3) is 5.91 Å². The van der Waals surface area contributed by atoms with Gasteiger partial charge >= 0.3 is 5.97 Å². The molecule has 0 saturated heterocycles. The molecule has 0 radical (unpaired) electrons. The van der Waals surface area contributed by atoms with Crippen LogP contribution in [0.15, 0.2) is 42.5 Å².